The lowest BCUT2D eigenvalue weighted by Crippen LogP contribution is -2.39. The molecule has 1 atom stereocenters. The number of amides is 3. The summed E-state index contributed by atoms with van der Waals surface area (Å²) in [6, 6.07) is 7.80. The Morgan fingerprint density at radius 3 is 2.55 bits per heavy atom. The molecule has 1 aromatic rings. The molecule has 0 bridgehead atoms. The largest absolute Gasteiger partial charge is 0.327 e. The molecule has 1 aromatic carbocycles. The summed E-state index contributed by atoms with van der Waals surface area (Å²) >= 11 is 0. The highest BCUT2D eigenvalue weighted by atomic mass is 16.2. The molecule has 1 N–H and O–H groups in total. The van der Waals surface area contributed by atoms with Gasteiger partial charge in [-0.3, -0.25) is 9.69 Å². The summed E-state index contributed by atoms with van der Waals surface area (Å²) in [7, 11) is 1.65. The number of nitrogens with one attached hydrogen (secondary N) is 1. The van der Waals surface area contributed by atoms with Gasteiger partial charge in [-0.25, -0.2) is 4.79 Å². The summed E-state index contributed by atoms with van der Waals surface area (Å²) in [5, 5.41) is 3.36. The van der Waals surface area contributed by atoms with E-state index in [2.05, 4.69) is 5.32 Å². The molecule has 0 spiro atoms. The molecule has 5 heteroatoms. The monoisotopic (exact) mass is 275 g/mol. The third-order valence-corrected chi connectivity index (χ3v) is 3.61. The Hall–Kier alpha value is -1.88. The fourth-order valence-electron chi connectivity index (χ4n) is 2.53. The number of hydrogen-bond acceptors (Lipinski definition) is 3. The van der Waals surface area contributed by atoms with Gasteiger partial charge in [0.25, 0.3) is 0 Å². The second-order valence-electron chi connectivity index (χ2n) is 5.11. The maximum Gasteiger partial charge on any atom is 0.327 e. The van der Waals surface area contributed by atoms with E-state index < -0.39 is 0 Å². The van der Waals surface area contributed by atoms with Gasteiger partial charge in [0.1, 0.15) is 6.54 Å². The predicted octanol–water partition coefficient (Wildman–Crippen LogP) is 1.54. The molecule has 1 aliphatic rings. The number of aryl methyl sites for hydroxylation is 1. The second kappa shape index (κ2) is 6.05. The molecule has 0 saturated carbocycles. The first-order chi connectivity index (χ1) is 9.54. The van der Waals surface area contributed by atoms with Crippen molar-refractivity contribution in [3.63, 3.8) is 0 Å². The zero-order valence-corrected chi connectivity index (χ0v) is 12.2. The molecule has 2 rings (SSSR count). The van der Waals surface area contributed by atoms with E-state index in [1.165, 1.54) is 9.80 Å². The molecule has 1 heterocycles. The highest BCUT2D eigenvalue weighted by Gasteiger charge is 2.35. The first kappa shape index (κ1) is 14.5. The first-order valence-electron chi connectivity index (χ1n) is 6.89. The number of hydrogen-bond donors (Lipinski definition) is 1. The lowest BCUT2D eigenvalue weighted by atomic mass is 10.0. The van der Waals surface area contributed by atoms with E-state index in [1.54, 1.807) is 7.05 Å². The van der Waals surface area contributed by atoms with Crippen molar-refractivity contribution in [3.05, 3.63) is 35.4 Å². The molecule has 0 aliphatic carbocycles. The molecule has 20 heavy (non-hydrogen) atoms. The number of likely N-dealkylation sites (N-methyl/N-ethyl adjacent to an activating group) is 2. The van der Waals surface area contributed by atoms with Gasteiger partial charge in [-0.05, 0) is 24.6 Å². The third kappa shape index (κ3) is 2.82. The summed E-state index contributed by atoms with van der Waals surface area (Å²) < 4.78 is 0. The van der Waals surface area contributed by atoms with Gasteiger partial charge in [0.05, 0.1) is 12.6 Å². The van der Waals surface area contributed by atoms with Gasteiger partial charge >= 0.3 is 6.03 Å². The van der Waals surface area contributed by atoms with Crippen molar-refractivity contribution >= 4 is 11.9 Å². The Balaban J connectivity index is 2.20. The average molecular weight is 275 g/mol. The summed E-state index contributed by atoms with van der Waals surface area (Å²) in [6.07, 6.45) is 0. The summed E-state index contributed by atoms with van der Waals surface area (Å²) in [5.41, 5.74) is 2.29. The van der Waals surface area contributed by atoms with E-state index in [0.29, 0.717) is 6.54 Å². The van der Waals surface area contributed by atoms with Gasteiger partial charge in [0.2, 0.25) is 5.91 Å². The highest BCUT2D eigenvalue weighted by molar-refractivity contribution is 6.01. The standard InChI is InChI=1S/C15H21N3O2/c1-4-16-13(12-8-6-5-7-11(12)2)9-18-14(19)10-17(3)15(18)20/h5-8,13,16H,4,9-10H2,1-3H3. The molecule has 0 aromatic heterocycles. The normalized spacial score (nSPS) is 16.9. The average Bonchev–Trinajstić information content (AvgIpc) is 2.65. The lowest BCUT2D eigenvalue weighted by Gasteiger charge is -2.24. The molecule has 1 unspecified atom stereocenters. The van der Waals surface area contributed by atoms with Crippen molar-refractivity contribution in [1.29, 1.82) is 0 Å². The van der Waals surface area contributed by atoms with Crippen LogP contribution in [0.4, 0.5) is 4.79 Å². The third-order valence-electron chi connectivity index (χ3n) is 3.61. The van der Waals surface area contributed by atoms with Gasteiger partial charge in [0.15, 0.2) is 0 Å². The molecule has 3 amide bonds. The molecule has 5 nitrogen and oxygen atoms in total. The van der Waals surface area contributed by atoms with E-state index in [-0.39, 0.29) is 24.5 Å². The van der Waals surface area contributed by atoms with E-state index in [0.717, 1.165) is 17.7 Å². The Bertz CT molecular complexity index is 516. The van der Waals surface area contributed by atoms with E-state index >= 15 is 0 Å². The minimum absolute atomic E-state index is 0.0272. The Kier molecular flexibility index (Phi) is 4.39. The van der Waals surface area contributed by atoms with Crippen molar-refractivity contribution in [2.45, 2.75) is 19.9 Å². The van der Waals surface area contributed by atoms with Crippen molar-refractivity contribution in [2.24, 2.45) is 0 Å². The molecule has 0 radical (unpaired) electrons. The van der Waals surface area contributed by atoms with Crippen LogP contribution < -0.4 is 5.32 Å². The number of carbonyl (C=O) groups excluding carboxylic acids is 2. The molecular formula is C15H21N3O2. The fourth-order valence-corrected chi connectivity index (χ4v) is 2.53. The summed E-state index contributed by atoms with van der Waals surface area (Å²) in [5.74, 6) is -0.131. The van der Waals surface area contributed by atoms with Crippen molar-refractivity contribution in [2.75, 3.05) is 26.7 Å². The van der Waals surface area contributed by atoms with Crippen LogP contribution in [0.25, 0.3) is 0 Å². The van der Waals surface area contributed by atoms with Gasteiger partial charge in [-0.15, -0.1) is 0 Å². The maximum atomic E-state index is 12.0. The van der Waals surface area contributed by atoms with Gasteiger partial charge in [-0.1, -0.05) is 31.2 Å². The van der Waals surface area contributed by atoms with Crippen molar-refractivity contribution in [3.8, 4) is 0 Å². The fraction of sp³-hybridized carbons (Fsp3) is 0.467. The van der Waals surface area contributed by atoms with Crippen LogP contribution in [0.3, 0.4) is 0 Å². The lowest BCUT2D eigenvalue weighted by molar-refractivity contribution is -0.125. The molecule has 1 fully saturated rings. The van der Waals surface area contributed by atoms with E-state index in [1.807, 2.05) is 38.1 Å². The minimum Gasteiger partial charge on any atom is -0.318 e. The number of nitrogens with zero attached hydrogens (tertiary/aromatic N) is 2. The Labute approximate surface area is 119 Å². The quantitative estimate of drug-likeness (QED) is 0.829. The molecule has 108 valence electrons. The van der Waals surface area contributed by atoms with Crippen LogP contribution in [0.5, 0.6) is 0 Å². The van der Waals surface area contributed by atoms with Gasteiger partial charge in [-0.2, -0.15) is 0 Å². The second-order valence-corrected chi connectivity index (χ2v) is 5.11. The smallest absolute Gasteiger partial charge is 0.318 e. The van der Waals surface area contributed by atoms with Gasteiger partial charge < -0.3 is 10.2 Å². The Morgan fingerprint density at radius 2 is 2.00 bits per heavy atom. The van der Waals surface area contributed by atoms with Crippen LogP contribution in [-0.2, 0) is 4.79 Å². The Morgan fingerprint density at radius 1 is 1.30 bits per heavy atom. The van der Waals surface area contributed by atoms with E-state index in [4.69, 9.17) is 0 Å². The number of imide groups is 1. The van der Waals surface area contributed by atoms with E-state index in [9.17, 15) is 9.59 Å². The molecule has 1 aliphatic heterocycles. The summed E-state index contributed by atoms with van der Waals surface area (Å²) in [4.78, 5) is 26.6. The SMILES string of the molecule is CCNC(CN1C(=O)CN(C)C1=O)c1ccccc1C. The molecular weight excluding hydrogens is 254 g/mol. The van der Waals surface area contributed by atoms with Gasteiger partial charge in [0, 0.05) is 7.05 Å². The minimum atomic E-state index is -0.216. The zero-order chi connectivity index (χ0) is 14.7. The number of carbonyl (C=O) groups is 2. The maximum absolute atomic E-state index is 12.0. The van der Waals surface area contributed by atoms with Crippen molar-refractivity contribution in [1.82, 2.24) is 15.1 Å². The molecule has 1 saturated heterocycles. The van der Waals surface area contributed by atoms with Crippen LogP contribution in [0, 0.1) is 6.92 Å². The number of urea groups is 1. The predicted molar refractivity (Wildman–Crippen MR) is 77.3 cm³/mol. The van der Waals surface area contributed by atoms with Crippen LogP contribution in [0.2, 0.25) is 0 Å². The van der Waals surface area contributed by atoms with Crippen LogP contribution in [-0.4, -0.2) is 48.4 Å². The van der Waals surface area contributed by atoms with Crippen LogP contribution in [0.1, 0.15) is 24.1 Å². The number of rotatable bonds is 5. The first-order valence-corrected chi connectivity index (χ1v) is 6.89. The number of benzene rings is 1. The topological polar surface area (TPSA) is 52.7 Å². The summed E-state index contributed by atoms with van der Waals surface area (Å²) in [6.45, 7) is 5.39. The van der Waals surface area contributed by atoms with Crippen molar-refractivity contribution < 1.29 is 9.59 Å². The highest BCUT2D eigenvalue weighted by Crippen LogP contribution is 2.20. The van der Waals surface area contributed by atoms with Crippen LogP contribution >= 0.6 is 0 Å². The zero-order valence-electron chi connectivity index (χ0n) is 12.2. The van der Waals surface area contributed by atoms with Crippen LogP contribution in [0.15, 0.2) is 24.3 Å².